The zero-order chi connectivity index (χ0) is 36.6. The van der Waals surface area contributed by atoms with Crippen molar-refractivity contribution in [2.45, 2.75) is 69.6 Å². The largest absolute Gasteiger partial charge is 0.370 e. The van der Waals surface area contributed by atoms with Crippen LogP contribution in [-0.4, -0.2) is 93.7 Å². The third-order valence-electron chi connectivity index (χ3n) is 7.59. The second-order valence-corrected chi connectivity index (χ2v) is 11.6. The molecule has 2 heterocycles. The molecule has 19 nitrogen and oxygen atoms in total. The number of aromatic amines is 2. The third kappa shape index (κ3) is 12.5. The maximum Gasteiger partial charge on any atom is 0.243 e. The molecule has 0 radical (unpaired) electrons. The fourth-order valence-electron chi connectivity index (χ4n) is 5.18. The second-order valence-electron chi connectivity index (χ2n) is 11.6. The summed E-state index contributed by atoms with van der Waals surface area (Å²) in [5.74, 6) is -3.58. The van der Waals surface area contributed by atoms with E-state index in [0.29, 0.717) is 5.69 Å². The fourth-order valence-corrected chi connectivity index (χ4v) is 5.18. The van der Waals surface area contributed by atoms with Crippen molar-refractivity contribution in [3.05, 3.63) is 54.2 Å². The lowest BCUT2D eigenvalue weighted by Crippen LogP contribution is -2.58. The molecule has 16 N–H and O–H groups in total. The second kappa shape index (κ2) is 19.0. The summed E-state index contributed by atoms with van der Waals surface area (Å²) < 4.78 is 0. The van der Waals surface area contributed by atoms with Gasteiger partial charge >= 0.3 is 0 Å². The number of amides is 5. The molecule has 0 aliphatic carbocycles. The van der Waals surface area contributed by atoms with E-state index in [4.69, 9.17) is 28.7 Å². The Hall–Kier alpha value is -6.14. The summed E-state index contributed by atoms with van der Waals surface area (Å²) in [5, 5.41) is 11.5. The topological polar surface area (TPSA) is 333 Å². The van der Waals surface area contributed by atoms with Crippen LogP contribution in [0, 0.1) is 0 Å². The summed E-state index contributed by atoms with van der Waals surface area (Å²) in [7, 11) is 0. The molecule has 0 spiro atoms. The number of para-hydroxylation sites is 1. The molecular formula is C31H46N14O5. The first-order valence-electron chi connectivity index (χ1n) is 15.9. The van der Waals surface area contributed by atoms with Crippen molar-refractivity contribution >= 4 is 52.4 Å². The van der Waals surface area contributed by atoms with E-state index >= 15 is 0 Å². The number of hydrogen-bond acceptors (Lipinski definition) is 8. The molecule has 270 valence electrons. The van der Waals surface area contributed by atoms with Crippen LogP contribution in [0.5, 0.6) is 0 Å². The summed E-state index contributed by atoms with van der Waals surface area (Å²) in [6, 6.07) is 2.93. The lowest BCUT2D eigenvalue weighted by atomic mass is 10.0. The molecule has 50 heavy (non-hydrogen) atoms. The van der Waals surface area contributed by atoms with Crippen molar-refractivity contribution in [1.82, 2.24) is 36.2 Å². The fraction of sp³-hybridized carbons (Fsp3) is 0.419. The summed E-state index contributed by atoms with van der Waals surface area (Å²) in [5.41, 5.74) is 29.6. The number of benzene rings is 1. The van der Waals surface area contributed by atoms with Crippen LogP contribution < -0.4 is 49.9 Å². The first kappa shape index (κ1) is 38.3. The Bertz CT molecular complexity index is 1660. The van der Waals surface area contributed by atoms with Crippen LogP contribution in [0.2, 0.25) is 0 Å². The minimum absolute atomic E-state index is 0.0640. The molecular weight excluding hydrogens is 648 g/mol. The number of nitrogens with one attached hydrogen (secondary N) is 6. The molecule has 2 aromatic heterocycles. The minimum Gasteiger partial charge on any atom is -0.370 e. The molecule has 0 saturated carbocycles. The van der Waals surface area contributed by atoms with Gasteiger partial charge in [-0.25, -0.2) is 4.98 Å². The molecule has 5 amide bonds. The van der Waals surface area contributed by atoms with Gasteiger partial charge in [-0.3, -0.25) is 34.0 Å². The van der Waals surface area contributed by atoms with E-state index in [0.717, 1.165) is 16.5 Å². The standard InChI is InChI=1S/C31H46N14O5/c1-17(46)42-25(13-19-15-37-16-41-19)29(50)44-22(8-4-10-38-30(33)34)27(48)43-23(9-5-11-39-31(35)36)28(49)45-24(26(32)47)12-18-14-40-21-7-3-2-6-20(18)21/h2-3,6-7,14-16,22-25,40H,4-5,8-13H2,1H3,(H2,32,47)(H,37,41)(H,42,46)(H,43,48)(H,44,50)(H,45,49)(H4,33,34,38)(H4,35,36,39)/t22-,23-,24-,25-/m0/s1. The van der Waals surface area contributed by atoms with Crippen molar-refractivity contribution in [3.8, 4) is 0 Å². The number of guanidine groups is 2. The Morgan fingerprint density at radius 1 is 0.740 bits per heavy atom. The highest BCUT2D eigenvalue weighted by Gasteiger charge is 2.31. The average Bonchev–Trinajstić information content (AvgIpc) is 3.72. The van der Waals surface area contributed by atoms with Crippen LogP contribution in [0.1, 0.15) is 43.9 Å². The van der Waals surface area contributed by atoms with Crippen LogP contribution in [0.25, 0.3) is 10.9 Å². The molecule has 19 heteroatoms. The quantitative estimate of drug-likeness (QED) is 0.0328. The van der Waals surface area contributed by atoms with Gasteiger partial charge in [0, 0.05) is 61.8 Å². The minimum atomic E-state index is -1.19. The number of carbonyl (C=O) groups excluding carboxylic acids is 5. The number of fused-ring (bicyclic) bond motifs is 1. The Kier molecular flexibility index (Phi) is 14.6. The summed E-state index contributed by atoms with van der Waals surface area (Å²) in [6.45, 7) is 1.57. The average molecular weight is 695 g/mol. The summed E-state index contributed by atoms with van der Waals surface area (Å²) >= 11 is 0. The number of carbonyl (C=O) groups is 5. The lowest BCUT2D eigenvalue weighted by Gasteiger charge is -2.26. The number of rotatable bonds is 20. The number of nitrogens with zero attached hydrogens (tertiary/aromatic N) is 3. The van der Waals surface area contributed by atoms with E-state index in [2.05, 4.69) is 46.2 Å². The Morgan fingerprint density at radius 3 is 1.82 bits per heavy atom. The van der Waals surface area contributed by atoms with E-state index in [9.17, 15) is 24.0 Å². The highest BCUT2D eigenvalue weighted by molar-refractivity contribution is 5.95. The van der Waals surface area contributed by atoms with Gasteiger partial charge in [0.1, 0.15) is 24.2 Å². The van der Waals surface area contributed by atoms with E-state index < -0.39 is 53.7 Å². The van der Waals surface area contributed by atoms with Crippen molar-refractivity contribution < 1.29 is 24.0 Å². The SMILES string of the molecule is CC(=O)N[C@@H](Cc1cnc[nH]1)C(=O)N[C@@H](CCCN=C(N)N)C(=O)N[C@@H](CCCN=C(N)N)C(=O)N[C@@H](Cc1c[nH]c2ccccc12)C(N)=O. The molecule has 0 aliphatic heterocycles. The Balaban J connectivity index is 1.82. The molecule has 1 aromatic carbocycles. The molecule has 0 saturated heterocycles. The number of aliphatic imine (C=N–C) groups is 2. The highest BCUT2D eigenvalue weighted by atomic mass is 16.2. The molecule has 0 bridgehead atoms. The number of H-pyrrole nitrogens is 2. The van der Waals surface area contributed by atoms with Gasteiger partial charge in [0.15, 0.2) is 11.9 Å². The molecule has 0 unspecified atom stereocenters. The highest BCUT2D eigenvalue weighted by Crippen LogP contribution is 2.19. The maximum absolute atomic E-state index is 13.8. The number of hydrogen-bond donors (Lipinski definition) is 11. The number of nitrogens with two attached hydrogens (primary N) is 5. The molecule has 4 atom stereocenters. The summed E-state index contributed by atoms with van der Waals surface area (Å²) in [6.07, 6.45) is 5.50. The zero-order valence-electron chi connectivity index (χ0n) is 27.8. The van der Waals surface area contributed by atoms with Crippen molar-refractivity contribution in [2.24, 2.45) is 38.7 Å². The monoisotopic (exact) mass is 694 g/mol. The van der Waals surface area contributed by atoms with E-state index in [1.807, 2.05) is 24.3 Å². The summed E-state index contributed by atoms with van der Waals surface area (Å²) in [4.78, 5) is 83.1. The van der Waals surface area contributed by atoms with Crippen molar-refractivity contribution in [2.75, 3.05) is 13.1 Å². The molecule has 0 aliphatic rings. The zero-order valence-corrected chi connectivity index (χ0v) is 27.8. The van der Waals surface area contributed by atoms with E-state index in [1.54, 1.807) is 6.20 Å². The molecule has 0 fully saturated rings. The van der Waals surface area contributed by atoms with Gasteiger partial charge in [0.25, 0.3) is 0 Å². The van der Waals surface area contributed by atoms with Gasteiger partial charge < -0.3 is 59.9 Å². The van der Waals surface area contributed by atoms with E-state index in [-0.39, 0.29) is 63.5 Å². The van der Waals surface area contributed by atoms with E-state index in [1.165, 1.54) is 19.4 Å². The van der Waals surface area contributed by atoms with Gasteiger partial charge in [0.05, 0.1) is 6.33 Å². The van der Waals surface area contributed by atoms with Crippen molar-refractivity contribution in [3.63, 3.8) is 0 Å². The molecule has 3 aromatic rings. The predicted octanol–water partition coefficient (Wildman–Crippen LogP) is -2.77. The number of imidazole rings is 1. The van der Waals surface area contributed by atoms with Crippen LogP contribution in [0.3, 0.4) is 0 Å². The normalized spacial score (nSPS) is 13.2. The maximum atomic E-state index is 13.8. The lowest BCUT2D eigenvalue weighted by molar-refractivity contribution is -0.134. The first-order chi connectivity index (χ1) is 23.8. The van der Waals surface area contributed by atoms with Crippen LogP contribution in [0.4, 0.5) is 0 Å². The first-order valence-corrected chi connectivity index (χ1v) is 15.9. The van der Waals surface area contributed by atoms with Crippen LogP contribution >= 0.6 is 0 Å². The van der Waals surface area contributed by atoms with Gasteiger partial charge in [0.2, 0.25) is 29.5 Å². The van der Waals surface area contributed by atoms with Crippen molar-refractivity contribution in [1.29, 1.82) is 0 Å². The van der Waals surface area contributed by atoms with Gasteiger partial charge in [-0.15, -0.1) is 0 Å². The van der Waals surface area contributed by atoms with Gasteiger partial charge in [-0.05, 0) is 37.3 Å². The smallest absolute Gasteiger partial charge is 0.243 e. The predicted molar refractivity (Wildman–Crippen MR) is 187 cm³/mol. The van der Waals surface area contributed by atoms with Crippen LogP contribution in [-0.2, 0) is 36.8 Å². The Labute approximate surface area is 288 Å². The number of aromatic nitrogens is 3. The Morgan fingerprint density at radius 2 is 1.30 bits per heavy atom. The van der Waals surface area contributed by atoms with Gasteiger partial charge in [-0.1, -0.05) is 18.2 Å². The van der Waals surface area contributed by atoms with Gasteiger partial charge in [-0.2, -0.15) is 0 Å². The van der Waals surface area contributed by atoms with Crippen LogP contribution in [0.15, 0.2) is 53.0 Å². The number of primary amides is 1. The molecule has 3 rings (SSSR count). The third-order valence-corrected chi connectivity index (χ3v) is 7.59.